The summed E-state index contributed by atoms with van der Waals surface area (Å²) in [5.74, 6) is -3.71. The molecule has 29 heavy (non-hydrogen) atoms. The summed E-state index contributed by atoms with van der Waals surface area (Å²) < 4.78 is 21.4. The van der Waals surface area contributed by atoms with E-state index in [0.29, 0.717) is 11.4 Å². The van der Waals surface area contributed by atoms with Crippen LogP contribution in [0.3, 0.4) is 0 Å². The van der Waals surface area contributed by atoms with Crippen LogP contribution in [0.2, 0.25) is 0 Å². The molecule has 4 rings (SSSR count). The van der Waals surface area contributed by atoms with Gasteiger partial charge in [0.05, 0.1) is 30.7 Å². The van der Waals surface area contributed by atoms with E-state index in [2.05, 4.69) is 0 Å². The summed E-state index contributed by atoms with van der Waals surface area (Å²) >= 11 is 0. The number of carbonyl (C=O) groups excluding carboxylic acids is 4. The zero-order chi connectivity index (χ0) is 20.9. The fourth-order valence-electron chi connectivity index (χ4n) is 4.22. The molecule has 0 radical (unpaired) electrons. The SMILES string of the molecule is COc1cccc(N2C(=O)[C@H]3[C@@H](C2=O)[C@@]2(C(OC(C)=O)OC(C)=O)C=C[C@H]3O2)c1. The number of anilines is 1. The number of ether oxygens (including phenoxy) is 4. The lowest BCUT2D eigenvalue weighted by Gasteiger charge is -2.34. The van der Waals surface area contributed by atoms with Crippen LogP contribution in [0.4, 0.5) is 5.69 Å². The van der Waals surface area contributed by atoms with Gasteiger partial charge in [-0.3, -0.25) is 19.2 Å². The number of fused-ring (bicyclic) bond motifs is 5. The average molecular weight is 401 g/mol. The van der Waals surface area contributed by atoms with E-state index in [0.717, 1.165) is 18.7 Å². The van der Waals surface area contributed by atoms with E-state index in [9.17, 15) is 19.2 Å². The number of methoxy groups -OCH3 is 1. The summed E-state index contributed by atoms with van der Waals surface area (Å²) in [5, 5.41) is 0. The second-order valence-corrected chi connectivity index (χ2v) is 7.06. The van der Waals surface area contributed by atoms with Crippen molar-refractivity contribution in [3.05, 3.63) is 36.4 Å². The Labute approximate surface area is 166 Å². The minimum atomic E-state index is -1.56. The van der Waals surface area contributed by atoms with Gasteiger partial charge in [0.25, 0.3) is 6.29 Å². The minimum absolute atomic E-state index is 0.361. The summed E-state index contributed by atoms with van der Waals surface area (Å²) in [4.78, 5) is 50.7. The molecule has 1 aromatic rings. The van der Waals surface area contributed by atoms with Crippen molar-refractivity contribution in [3.8, 4) is 5.75 Å². The van der Waals surface area contributed by atoms with Crippen molar-refractivity contribution in [2.45, 2.75) is 31.8 Å². The summed E-state index contributed by atoms with van der Waals surface area (Å²) in [6, 6.07) is 6.57. The Bertz CT molecular complexity index is 924. The first-order valence-electron chi connectivity index (χ1n) is 9.02. The first kappa shape index (κ1) is 19.1. The molecule has 2 amide bonds. The fraction of sp³-hybridized carbons (Fsp3) is 0.400. The number of imide groups is 1. The predicted octanol–water partition coefficient (Wildman–Crippen LogP) is 0.960. The number of amides is 2. The van der Waals surface area contributed by atoms with Crippen LogP contribution in [0.1, 0.15) is 13.8 Å². The molecule has 3 aliphatic rings. The van der Waals surface area contributed by atoms with Crippen molar-refractivity contribution in [3.63, 3.8) is 0 Å². The highest BCUT2D eigenvalue weighted by atomic mass is 16.7. The van der Waals surface area contributed by atoms with Crippen LogP contribution >= 0.6 is 0 Å². The van der Waals surface area contributed by atoms with E-state index in [-0.39, 0.29) is 0 Å². The van der Waals surface area contributed by atoms with Gasteiger partial charge in [-0.2, -0.15) is 0 Å². The van der Waals surface area contributed by atoms with Crippen LogP contribution < -0.4 is 9.64 Å². The van der Waals surface area contributed by atoms with Crippen LogP contribution in [0, 0.1) is 11.8 Å². The molecule has 0 aromatic heterocycles. The lowest BCUT2D eigenvalue weighted by atomic mass is 9.76. The molecule has 0 unspecified atom stereocenters. The molecule has 152 valence electrons. The maximum Gasteiger partial charge on any atom is 0.305 e. The molecule has 2 bridgehead atoms. The average Bonchev–Trinajstić information content (AvgIpc) is 3.32. The zero-order valence-corrected chi connectivity index (χ0v) is 16.0. The molecule has 4 atom stereocenters. The standard InChI is InChI=1S/C20H19NO8/c1-10(22)27-19(28-11(2)23)20-8-7-14(29-20)15-16(20)18(25)21(17(15)24)12-5-4-6-13(9-12)26-3/h4-9,14-16,19H,1-3H3/t14-,15-,16+,20-/m1/s1. The number of hydrogen-bond donors (Lipinski definition) is 0. The van der Waals surface area contributed by atoms with Crippen LogP contribution in [0.25, 0.3) is 0 Å². The number of hydrogen-bond acceptors (Lipinski definition) is 8. The molecule has 9 heteroatoms. The Morgan fingerprint density at radius 3 is 2.45 bits per heavy atom. The monoisotopic (exact) mass is 401 g/mol. The molecular weight excluding hydrogens is 382 g/mol. The summed E-state index contributed by atoms with van der Waals surface area (Å²) in [7, 11) is 1.48. The molecule has 2 fully saturated rings. The smallest absolute Gasteiger partial charge is 0.305 e. The van der Waals surface area contributed by atoms with Crippen LogP contribution in [-0.2, 0) is 33.4 Å². The Balaban J connectivity index is 1.74. The lowest BCUT2D eigenvalue weighted by Crippen LogP contribution is -2.52. The van der Waals surface area contributed by atoms with E-state index in [1.54, 1.807) is 30.3 Å². The molecule has 0 saturated carbocycles. The highest BCUT2D eigenvalue weighted by Crippen LogP contribution is 2.54. The van der Waals surface area contributed by atoms with Crippen LogP contribution in [0.5, 0.6) is 5.75 Å². The molecule has 0 aliphatic carbocycles. The third kappa shape index (κ3) is 2.80. The second-order valence-electron chi connectivity index (χ2n) is 7.06. The quantitative estimate of drug-likeness (QED) is 0.311. The van der Waals surface area contributed by atoms with Crippen molar-refractivity contribution in [1.82, 2.24) is 0 Å². The largest absolute Gasteiger partial charge is 0.497 e. The van der Waals surface area contributed by atoms with E-state index >= 15 is 0 Å². The topological polar surface area (TPSA) is 108 Å². The van der Waals surface area contributed by atoms with Gasteiger partial charge in [0.2, 0.25) is 11.8 Å². The number of carbonyl (C=O) groups is 4. The molecule has 0 spiro atoms. The Morgan fingerprint density at radius 1 is 1.14 bits per heavy atom. The number of nitrogens with zero attached hydrogens (tertiary/aromatic N) is 1. The van der Waals surface area contributed by atoms with E-state index in [4.69, 9.17) is 18.9 Å². The summed E-state index contributed by atoms with van der Waals surface area (Å²) in [6.45, 7) is 2.31. The summed E-state index contributed by atoms with van der Waals surface area (Å²) in [6.07, 6.45) is 0.980. The Morgan fingerprint density at radius 2 is 1.83 bits per heavy atom. The predicted molar refractivity (Wildman–Crippen MR) is 96.5 cm³/mol. The minimum Gasteiger partial charge on any atom is -0.497 e. The van der Waals surface area contributed by atoms with Crippen molar-refractivity contribution in [2.24, 2.45) is 11.8 Å². The van der Waals surface area contributed by atoms with Gasteiger partial charge in [-0.05, 0) is 18.2 Å². The zero-order valence-electron chi connectivity index (χ0n) is 16.0. The highest BCUT2D eigenvalue weighted by molar-refractivity contribution is 6.23. The first-order chi connectivity index (χ1) is 13.8. The van der Waals surface area contributed by atoms with Gasteiger partial charge in [0.15, 0.2) is 5.60 Å². The third-order valence-electron chi connectivity index (χ3n) is 5.30. The Hall–Kier alpha value is -3.20. The normalized spacial score (nSPS) is 29.4. The van der Waals surface area contributed by atoms with Gasteiger partial charge in [-0.15, -0.1) is 0 Å². The molecule has 9 nitrogen and oxygen atoms in total. The first-order valence-corrected chi connectivity index (χ1v) is 9.02. The van der Waals surface area contributed by atoms with Gasteiger partial charge >= 0.3 is 11.9 Å². The Kier molecular flexibility index (Phi) is 4.42. The van der Waals surface area contributed by atoms with Crippen molar-refractivity contribution in [1.29, 1.82) is 0 Å². The molecule has 0 N–H and O–H groups in total. The van der Waals surface area contributed by atoms with Crippen molar-refractivity contribution in [2.75, 3.05) is 12.0 Å². The van der Waals surface area contributed by atoms with Gasteiger partial charge in [0.1, 0.15) is 5.75 Å². The summed E-state index contributed by atoms with van der Waals surface area (Å²) in [5.41, 5.74) is -1.20. The molecule has 3 aliphatic heterocycles. The number of esters is 2. The van der Waals surface area contributed by atoms with Gasteiger partial charge in [-0.1, -0.05) is 12.1 Å². The number of benzene rings is 1. The van der Waals surface area contributed by atoms with Gasteiger partial charge < -0.3 is 18.9 Å². The van der Waals surface area contributed by atoms with E-state index in [1.165, 1.54) is 13.2 Å². The van der Waals surface area contributed by atoms with E-state index < -0.39 is 53.6 Å². The fourth-order valence-corrected chi connectivity index (χ4v) is 4.22. The highest BCUT2D eigenvalue weighted by Gasteiger charge is 2.72. The van der Waals surface area contributed by atoms with Crippen LogP contribution in [-0.4, -0.2) is 48.9 Å². The lowest BCUT2D eigenvalue weighted by molar-refractivity contribution is -0.226. The second kappa shape index (κ2) is 6.70. The number of rotatable bonds is 5. The van der Waals surface area contributed by atoms with Crippen molar-refractivity contribution < 1.29 is 38.1 Å². The molecule has 1 aromatic carbocycles. The van der Waals surface area contributed by atoms with Gasteiger partial charge in [-0.25, -0.2) is 4.90 Å². The third-order valence-corrected chi connectivity index (χ3v) is 5.30. The van der Waals surface area contributed by atoms with Crippen molar-refractivity contribution >= 4 is 29.4 Å². The molecule has 2 saturated heterocycles. The maximum atomic E-state index is 13.3. The maximum absolute atomic E-state index is 13.3. The van der Waals surface area contributed by atoms with Gasteiger partial charge in [0, 0.05) is 19.9 Å². The van der Waals surface area contributed by atoms with E-state index in [1.807, 2.05) is 0 Å². The van der Waals surface area contributed by atoms with Crippen LogP contribution in [0.15, 0.2) is 36.4 Å². The molecule has 3 heterocycles. The molecular formula is C20H19NO8.